The Morgan fingerprint density at radius 3 is 2.50 bits per heavy atom. The van der Waals surface area contributed by atoms with Gasteiger partial charge in [0.2, 0.25) is 0 Å². The summed E-state index contributed by atoms with van der Waals surface area (Å²) in [4.78, 5) is 2.63. The van der Waals surface area contributed by atoms with Crippen molar-refractivity contribution in [2.75, 3.05) is 19.6 Å². The fourth-order valence-corrected chi connectivity index (χ4v) is 5.37. The zero-order valence-electron chi connectivity index (χ0n) is 12.4. The van der Waals surface area contributed by atoms with E-state index in [0.717, 1.165) is 21.7 Å². The number of hydrogen-bond acceptors (Lipinski definition) is 5. The molecule has 6 rings (SSSR count). The van der Waals surface area contributed by atoms with Gasteiger partial charge in [0.25, 0.3) is 5.19 Å². The molecule has 0 amide bonds. The van der Waals surface area contributed by atoms with E-state index in [0.29, 0.717) is 17.9 Å². The average molecular weight is 313 g/mol. The largest absolute Gasteiger partial charge is 0.465 e. The molecule has 0 spiro atoms. The molecule has 5 heteroatoms. The lowest BCUT2D eigenvalue weighted by atomic mass is 9.66. The Labute approximate surface area is 134 Å². The summed E-state index contributed by atoms with van der Waals surface area (Å²) in [5, 5.41) is 10.3. The van der Waals surface area contributed by atoms with Crippen molar-refractivity contribution in [1.82, 2.24) is 15.1 Å². The summed E-state index contributed by atoms with van der Waals surface area (Å²) in [5.41, 5.74) is 1.12. The summed E-state index contributed by atoms with van der Waals surface area (Å²) in [6.07, 6.45) is 3.02. The highest BCUT2D eigenvalue weighted by Gasteiger charge is 2.49. The van der Waals surface area contributed by atoms with Crippen LogP contribution >= 0.6 is 11.3 Å². The van der Waals surface area contributed by atoms with E-state index in [1.54, 1.807) is 11.3 Å². The van der Waals surface area contributed by atoms with Crippen molar-refractivity contribution in [3.05, 3.63) is 30.3 Å². The Balaban J connectivity index is 1.35. The van der Waals surface area contributed by atoms with Crippen LogP contribution in [0.2, 0.25) is 0 Å². The molecule has 1 aromatic heterocycles. The number of piperidine rings is 3. The number of nitrogens with zero attached hydrogens (tertiary/aromatic N) is 3. The Morgan fingerprint density at radius 2 is 1.77 bits per heavy atom. The van der Waals surface area contributed by atoms with Crippen molar-refractivity contribution in [3.8, 4) is 15.8 Å². The van der Waals surface area contributed by atoms with E-state index in [1.165, 1.54) is 32.5 Å². The molecule has 5 atom stereocenters. The second kappa shape index (κ2) is 5.03. The number of hydrogen-bond donors (Lipinski definition) is 0. The molecular formula is C17H19N3OS. The number of ether oxygens (including phenoxy) is 1. The van der Waals surface area contributed by atoms with E-state index in [2.05, 4.69) is 27.2 Å². The van der Waals surface area contributed by atoms with Crippen LogP contribution in [-0.2, 0) is 0 Å². The number of rotatable bonds is 3. The van der Waals surface area contributed by atoms with Crippen LogP contribution in [0.1, 0.15) is 12.8 Å². The Morgan fingerprint density at radius 1 is 1.00 bits per heavy atom. The normalized spacial score (nSPS) is 35.7. The van der Waals surface area contributed by atoms with Crippen molar-refractivity contribution >= 4 is 11.3 Å². The molecule has 4 bridgehead atoms. The fraction of sp³-hybridized carbons (Fsp3) is 0.529. The summed E-state index contributed by atoms with van der Waals surface area (Å²) in [6, 6.07) is 10.2. The first-order valence-corrected chi connectivity index (χ1v) is 8.95. The first kappa shape index (κ1) is 13.0. The lowest BCUT2D eigenvalue weighted by molar-refractivity contribution is -0.0986. The Bertz CT molecular complexity index is 644. The maximum Gasteiger partial charge on any atom is 0.294 e. The predicted molar refractivity (Wildman–Crippen MR) is 85.9 cm³/mol. The van der Waals surface area contributed by atoms with Gasteiger partial charge in [0.15, 0.2) is 5.01 Å². The van der Waals surface area contributed by atoms with Gasteiger partial charge in [-0.2, -0.15) is 0 Å². The zero-order valence-corrected chi connectivity index (χ0v) is 13.2. The molecule has 2 aromatic rings. The van der Waals surface area contributed by atoms with Gasteiger partial charge in [-0.15, -0.1) is 5.10 Å². The van der Waals surface area contributed by atoms with Crippen LogP contribution in [0.3, 0.4) is 0 Å². The SMILES string of the molecule is c1ccc(-c2nnc(OC3C4CC5C[C@@H]3CN(C5)C4)s2)cc1. The molecular weight excluding hydrogens is 294 g/mol. The minimum Gasteiger partial charge on any atom is -0.465 e. The van der Waals surface area contributed by atoms with Gasteiger partial charge in [0.05, 0.1) is 0 Å². The molecule has 4 unspecified atom stereocenters. The Kier molecular flexibility index (Phi) is 2.98. The summed E-state index contributed by atoms with van der Waals surface area (Å²) < 4.78 is 6.31. The first-order valence-electron chi connectivity index (χ1n) is 8.13. The van der Waals surface area contributed by atoms with E-state index in [-0.39, 0.29) is 0 Å². The van der Waals surface area contributed by atoms with Gasteiger partial charge in [-0.05, 0) is 18.8 Å². The quantitative estimate of drug-likeness (QED) is 0.873. The molecule has 0 N–H and O–H groups in total. The van der Waals surface area contributed by atoms with E-state index >= 15 is 0 Å². The third-order valence-electron chi connectivity index (χ3n) is 5.37. The fourth-order valence-electron chi connectivity index (χ4n) is 4.63. The molecule has 3 aliphatic heterocycles. The highest BCUT2D eigenvalue weighted by atomic mass is 32.1. The predicted octanol–water partition coefficient (Wildman–Crippen LogP) is 2.92. The average Bonchev–Trinajstić information content (AvgIpc) is 3.00. The standard InChI is InChI=1S/C17H19N3OS/c1-2-4-12(5-3-1)16-18-19-17(22-16)21-15-13-6-11-7-14(15)10-20(8-11)9-13/h1-5,11,13-15H,6-10H2/t11?,13-,14?,15?/m1/s1. The van der Waals surface area contributed by atoms with Crippen LogP contribution in [-0.4, -0.2) is 40.8 Å². The van der Waals surface area contributed by atoms with Crippen LogP contribution in [0.5, 0.6) is 5.19 Å². The van der Waals surface area contributed by atoms with Gasteiger partial charge in [-0.25, -0.2) is 0 Å². The zero-order chi connectivity index (χ0) is 14.5. The highest BCUT2D eigenvalue weighted by molar-refractivity contribution is 7.16. The molecule has 4 heterocycles. The maximum atomic E-state index is 6.31. The van der Waals surface area contributed by atoms with E-state index in [4.69, 9.17) is 4.74 Å². The van der Waals surface area contributed by atoms with Gasteiger partial charge >= 0.3 is 0 Å². The van der Waals surface area contributed by atoms with E-state index in [1.807, 2.05) is 18.2 Å². The third kappa shape index (κ3) is 2.15. The molecule has 1 aromatic carbocycles. The molecule has 4 aliphatic rings. The lowest BCUT2D eigenvalue weighted by Crippen LogP contribution is -2.61. The van der Waals surface area contributed by atoms with Gasteiger partial charge in [-0.1, -0.05) is 46.8 Å². The van der Waals surface area contributed by atoms with E-state index < -0.39 is 0 Å². The topological polar surface area (TPSA) is 38.3 Å². The molecule has 1 aliphatic carbocycles. The van der Waals surface area contributed by atoms with Crippen molar-refractivity contribution in [1.29, 1.82) is 0 Å². The van der Waals surface area contributed by atoms with Crippen molar-refractivity contribution in [2.24, 2.45) is 17.8 Å². The van der Waals surface area contributed by atoms with Gasteiger partial charge < -0.3 is 9.64 Å². The van der Waals surface area contributed by atoms with Gasteiger partial charge in [-0.3, -0.25) is 0 Å². The molecule has 22 heavy (non-hydrogen) atoms. The molecule has 4 nitrogen and oxygen atoms in total. The lowest BCUT2D eigenvalue weighted by Gasteiger charge is -2.54. The van der Waals surface area contributed by atoms with Crippen LogP contribution in [0.15, 0.2) is 30.3 Å². The van der Waals surface area contributed by atoms with Crippen LogP contribution in [0, 0.1) is 17.8 Å². The molecule has 4 fully saturated rings. The van der Waals surface area contributed by atoms with Crippen molar-refractivity contribution in [2.45, 2.75) is 18.9 Å². The molecule has 114 valence electrons. The second-order valence-corrected chi connectivity index (χ2v) is 7.84. The van der Waals surface area contributed by atoms with Crippen LogP contribution < -0.4 is 4.74 Å². The Hall–Kier alpha value is -1.46. The number of aromatic nitrogens is 2. The molecule has 0 radical (unpaired) electrons. The van der Waals surface area contributed by atoms with Gasteiger partial charge in [0.1, 0.15) is 6.10 Å². The van der Waals surface area contributed by atoms with Crippen LogP contribution in [0.25, 0.3) is 10.6 Å². The summed E-state index contributed by atoms with van der Waals surface area (Å²) in [5.74, 6) is 2.29. The molecule has 3 saturated heterocycles. The van der Waals surface area contributed by atoms with Crippen LogP contribution in [0.4, 0.5) is 0 Å². The van der Waals surface area contributed by atoms with E-state index in [9.17, 15) is 0 Å². The maximum absolute atomic E-state index is 6.31. The minimum atomic E-state index is 0.351. The summed E-state index contributed by atoms with van der Waals surface area (Å²) in [7, 11) is 0. The van der Waals surface area contributed by atoms with Crippen molar-refractivity contribution < 1.29 is 4.74 Å². The van der Waals surface area contributed by atoms with Crippen molar-refractivity contribution in [3.63, 3.8) is 0 Å². The smallest absolute Gasteiger partial charge is 0.294 e. The third-order valence-corrected chi connectivity index (χ3v) is 6.23. The first-order chi connectivity index (χ1) is 10.8. The summed E-state index contributed by atoms with van der Waals surface area (Å²) in [6.45, 7) is 3.74. The second-order valence-electron chi connectivity index (χ2n) is 6.90. The monoisotopic (exact) mass is 313 g/mol. The molecule has 1 saturated carbocycles. The summed E-state index contributed by atoms with van der Waals surface area (Å²) >= 11 is 1.57. The number of benzene rings is 1. The van der Waals surface area contributed by atoms with Gasteiger partial charge in [0, 0.05) is 37.0 Å². The highest BCUT2D eigenvalue weighted by Crippen LogP contribution is 2.45. The minimum absolute atomic E-state index is 0.351.